The van der Waals surface area contributed by atoms with E-state index in [4.69, 9.17) is 0 Å². The van der Waals surface area contributed by atoms with Crippen LogP contribution in [0.1, 0.15) is 26.7 Å². The third-order valence-electron chi connectivity index (χ3n) is 4.88. The Bertz CT molecular complexity index is 370. The van der Waals surface area contributed by atoms with Crippen molar-refractivity contribution in [2.45, 2.75) is 32.2 Å². The van der Waals surface area contributed by atoms with Gasteiger partial charge < -0.3 is 4.90 Å². The van der Waals surface area contributed by atoms with E-state index in [1.54, 1.807) is 0 Å². The van der Waals surface area contributed by atoms with Gasteiger partial charge in [-0.3, -0.25) is 4.90 Å². The fraction of sp³-hybridized carbons (Fsp3) is 1.00. The average Bonchev–Trinajstić information content (AvgIpc) is 2.29. The van der Waals surface area contributed by atoms with Gasteiger partial charge in [0.1, 0.15) is 0 Å². The maximum absolute atomic E-state index is 11.5. The van der Waals surface area contributed by atoms with Crippen molar-refractivity contribution in [3.8, 4) is 0 Å². The smallest absolute Gasteiger partial charge is 0.152 e. The molecule has 0 unspecified atom stereocenters. The van der Waals surface area contributed by atoms with Crippen LogP contribution in [0.2, 0.25) is 0 Å². The molecule has 0 amide bonds. The highest BCUT2D eigenvalue weighted by Gasteiger charge is 2.39. The molecular weight excluding hydrogens is 248 g/mol. The molecule has 0 spiro atoms. The Morgan fingerprint density at radius 1 is 1.00 bits per heavy atom. The summed E-state index contributed by atoms with van der Waals surface area (Å²) < 4.78 is 23.0. The van der Waals surface area contributed by atoms with Crippen molar-refractivity contribution in [2.75, 3.05) is 44.7 Å². The summed E-state index contributed by atoms with van der Waals surface area (Å²) in [6.45, 7) is 8.34. The quantitative estimate of drug-likeness (QED) is 0.748. The highest BCUT2D eigenvalue weighted by atomic mass is 32.2. The van der Waals surface area contributed by atoms with Gasteiger partial charge in [0.25, 0.3) is 0 Å². The predicted molar refractivity (Wildman–Crippen MR) is 74.5 cm³/mol. The van der Waals surface area contributed by atoms with Gasteiger partial charge in [-0.15, -0.1) is 0 Å². The second-order valence-corrected chi connectivity index (χ2v) is 8.67. The summed E-state index contributed by atoms with van der Waals surface area (Å²) in [5.41, 5.74) is 0.136. The lowest BCUT2D eigenvalue weighted by Gasteiger charge is -2.48. The van der Waals surface area contributed by atoms with Gasteiger partial charge in [0, 0.05) is 18.6 Å². The Balaban J connectivity index is 1.98. The molecule has 2 rings (SSSR count). The Morgan fingerprint density at radius 2 is 1.50 bits per heavy atom. The summed E-state index contributed by atoms with van der Waals surface area (Å²) in [4.78, 5) is 4.78. The monoisotopic (exact) mass is 274 g/mol. The van der Waals surface area contributed by atoms with Gasteiger partial charge in [0.15, 0.2) is 9.84 Å². The summed E-state index contributed by atoms with van der Waals surface area (Å²) in [7, 11) is -0.588. The number of nitrogens with zero attached hydrogens (tertiary/aromatic N) is 2. The highest BCUT2D eigenvalue weighted by molar-refractivity contribution is 7.91. The van der Waals surface area contributed by atoms with E-state index < -0.39 is 9.84 Å². The molecule has 2 aliphatic rings. The number of hydrogen-bond acceptors (Lipinski definition) is 4. The van der Waals surface area contributed by atoms with Gasteiger partial charge in [0.05, 0.1) is 11.5 Å². The second kappa shape index (κ2) is 5.10. The van der Waals surface area contributed by atoms with Crippen LogP contribution in [0.4, 0.5) is 0 Å². The van der Waals surface area contributed by atoms with E-state index in [1.165, 1.54) is 25.9 Å². The van der Waals surface area contributed by atoms with Crippen LogP contribution < -0.4 is 0 Å². The molecular formula is C13H26N2O2S. The summed E-state index contributed by atoms with van der Waals surface area (Å²) in [6.07, 6.45) is 2.46. The first-order valence-corrected chi connectivity index (χ1v) is 8.77. The van der Waals surface area contributed by atoms with Gasteiger partial charge in [0.2, 0.25) is 0 Å². The Morgan fingerprint density at radius 3 is 2.00 bits per heavy atom. The highest BCUT2D eigenvalue weighted by Crippen LogP contribution is 2.33. The van der Waals surface area contributed by atoms with Gasteiger partial charge in [-0.2, -0.15) is 0 Å². The van der Waals surface area contributed by atoms with Crippen molar-refractivity contribution in [1.82, 2.24) is 9.80 Å². The zero-order valence-corrected chi connectivity index (χ0v) is 12.7. The first-order valence-electron chi connectivity index (χ1n) is 6.95. The van der Waals surface area contributed by atoms with Crippen LogP contribution >= 0.6 is 0 Å². The summed E-state index contributed by atoms with van der Waals surface area (Å²) in [5.74, 6) is 1.36. The van der Waals surface area contributed by atoms with Crippen LogP contribution in [0.15, 0.2) is 0 Å². The van der Waals surface area contributed by atoms with Crippen LogP contribution in [0.5, 0.6) is 0 Å². The molecule has 0 aromatic rings. The van der Waals surface area contributed by atoms with Crippen molar-refractivity contribution in [3.05, 3.63) is 0 Å². The third kappa shape index (κ3) is 3.06. The van der Waals surface area contributed by atoms with E-state index in [1.807, 2.05) is 0 Å². The fourth-order valence-electron chi connectivity index (χ4n) is 3.26. The Hall–Kier alpha value is -0.130. The first kappa shape index (κ1) is 14.3. The van der Waals surface area contributed by atoms with Crippen LogP contribution in [0.25, 0.3) is 0 Å². The van der Waals surface area contributed by atoms with Crippen LogP contribution in [0, 0.1) is 5.92 Å². The number of sulfone groups is 1. The van der Waals surface area contributed by atoms with Crippen molar-refractivity contribution in [1.29, 1.82) is 0 Å². The Kier molecular flexibility index (Phi) is 4.04. The molecule has 2 saturated heterocycles. The predicted octanol–water partition coefficient (Wildman–Crippen LogP) is 0.837. The minimum atomic E-state index is -2.77. The molecule has 0 saturated carbocycles. The molecule has 0 aromatic heterocycles. The van der Waals surface area contributed by atoms with Crippen molar-refractivity contribution >= 4 is 9.84 Å². The van der Waals surface area contributed by atoms with Crippen molar-refractivity contribution in [2.24, 2.45) is 5.92 Å². The lowest BCUT2D eigenvalue weighted by Crippen LogP contribution is -2.56. The minimum absolute atomic E-state index is 0.136. The number of piperidine rings is 1. The van der Waals surface area contributed by atoms with Crippen LogP contribution in [0.3, 0.4) is 0 Å². The van der Waals surface area contributed by atoms with E-state index in [9.17, 15) is 8.42 Å². The largest absolute Gasteiger partial charge is 0.306 e. The van der Waals surface area contributed by atoms with E-state index in [0.29, 0.717) is 30.5 Å². The standard InChI is InChI=1S/C13H26N2O2S/c1-13(2,12-4-6-14(3)7-5-12)15-8-10-18(16,17)11-9-15/h12H,4-11H2,1-3H3. The van der Waals surface area contributed by atoms with Crippen LogP contribution in [-0.4, -0.2) is 68.5 Å². The molecule has 5 heteroatoms. The van der Waals surface area contributed by atoms with E-state index in [-0.39, 0.29) is 5.54 Å². The molecule has 2 heterocycles. The summed E-state index contributed by atoms with van der Waals surface area (Å²) >= 11 is 0. The third-order valence-corrected chi connectivity index (χ3v) is 6.49. The topological polar surface area (TPSA) is 40.6 Å². The maximum Gasteiger partial charge on any atom is 0.152 e. The first-order chi connectivity index (χ1) is 8.31. The number of likely N-dealkylation sites (tertiary alicyclic amines) is 1. The zero-order valence-electron chi connectivity index (χ0n) is 11.9. The normalized spacial score (nSPS) is 28.4. The van der Waals surface area contributed by atoms with Crippen molar-refractivity contribution < 1.29 is 8.42 Å². The lowest BCUT2D eigenvalue weighted by molar-refractivity contribution is 0.0369. The zero-order chi connectivity index (χ0) is 13.4. The van der Waals surface area contributed by atoms with E-state index in [2.05, 4.69) is 30.7 Å². The SMILES string of the molecule is CN1CCC(C(C)(C)N2CCS(=O)(=O)CC2)CC1. The molecule has 2 aliphatic heterocycles. The van der Waals surface area contributed by atoms with Gasteiger partial charge >= 0.3 is 0 Å². The molecule has 0 aliphatic carbocycles. The maximum atomic E-state index is 11.5. The Labute approximate surface area is 111 Å². The fourth-order valence-corrected chi connectivity index (χ4v) is 4.46. The van der Waals surface area contributed by atoms with Gasteiger partial charge in [-0.25, -0.2) is 8.42 Å². The van der Waals surface area contributed by atoms with Gasteiger partial charge in [-0.1, -0.05) is 0 Å². The van der Waals surface area contributed by atoms with Gasteiger partial charge in [-0.05, 0) is 52.7 Å². The van der Waals surface area contributed by atoms with Crippen molar-refractivity contribution in [3.63, 3.8) is 0 Å². The van der Waals surface area contributed by atoms with E-state index >= 15 is 0 Å². The summed E-state index contributed by atoms with van der Waals surface area (Å²) in [5, 5.41) is 0. The summed E-state index contributed by atoms with van der Waals surface area (Å²) in [6, 6.07) is 0. The molecule has 0 atom stereocenters. The average molecular weight is 274 g/mol. The molecule has 106 valence electrons. The molecule has 0 bridgehead atoms. The molecule has 0 aromatic carbocycles. The van der Waals surface area contributed by atoms with E-state index in [0.717, 1.165) is 0 Å². The molecule has 0 N–H and O–H groups in total. The molecule has 18 heavy (non-hydrogen) atoms. The lowest BCUT2D eigenvalue weighted by atomic mass is 9.79. The van der Waals surface area contributed by atoms with Crippen LogP contribution in [-0.2, 0) is 9.84 Å². The minimum Gasteiger partial charge on any atom is -0.306 e. The molecule has 4 nitrogen and oxygen atoms in total. The number of hydrogen-bond donors (Lipinski definition) is 0. The second-order valence-electron chi connectivity index (χ2n) is 6.37. The number of rotatable bonds is 2. The molecule has 2 fully saturated rings. The molecule has 0 radical (unpaired) electrons.